The van der Waals surface area contributed by atoms with E-state index < -0.39 is 0 Å². The Morgan fingerprint density at radius 3 is 2.78 bits per heavy atom. The van der Waals surface area contributed by atoms with Gasteiger partial charge in [0, 0.05) is 6.54 Å². The number of benzene rings is 1. The van der Waals surface area contributed by atoms with Crippen molar-refractivity contribution in [2.24, 2.45) is 0 Å². The summed E-state index contributed by atoms with van der Waals surface area (Å²) in [6.45, 7) is 5.56. The first-order chi connectivity index (χ1) is 8.69. The highest BCUT2D eigenvalue weighted by atomic mass is 16.5. The Hall–Kier alpha value is -1.55. The lowest BCUT2D eigenvalue weighted by Crippen LogP contribution is -2.29. The van der Waals surface area contributed by atoms with Crippen molar-refractivity contribution in [2.75, 3.05) is 20.2 Å². The van der Waals surface area contributed by atoms with Crippen LogP contribution in [0, 0.1) is 0 Å². The Labute approximate surface area is 108 Å². The molecule has 4 nitrogen and oxygen atoms in total. The van der Waals surface area contributed by atoms with Crippen molar-refractivity contribution in [1.82, 2.24) is 5.32 Å². The number of carbonyl (C=O) groups is 1. The van der Waals surface area contributed by atoms with Gasteiger partial charge in [-0.3, -0.25) is 0 Å². The molecule has 0 bridgehead atoms. The van der Waals surface area contributed by atoms with Crippen molar-refractivity contribution in [2.45, 2.75) is 26.4 Å². The molecule has 0 saturated heterocycles. The fraction of sp³-hybridized carbons (Fsp3) is 0.500. The van der Waals surface area contributed by atoms with Gasteiger partial charge in [0.2, 0.25) is 0 Å². The Balaban J connectivity index is 2.54. The molecule has 0 spiro atoms. The summed E-state index contributed by atoms with van der Waals surface area (Å²) in [5.74, 6) is 0.189. The zero-order valence-corrected chi connectivity index (χ0v) is 11.2. The fourth-order valence-corrected chi connectivity index (χ4v) is 1.58. The third-order valence-corrected chi connectivity index (χ3v) is 2.49. The topological polar surface area (TPSA) is 47.6 Å². The number of methoxy groups -OCH3 is 1. The van der Waals surface area contributed by atoms with Gasteiger partial charge in [0.15, 0.2) is 0 Å². The van der Waals surface area contributed by atoms with Crippen molar-refractivity contribution in [3.05, 3.63) is 29.8 Å². The van der Waals surface area contributed by atoms with Crippen molar-refractivity contribution < 1.29 is 14.3 Å². The molecule has 1 aromatic carbocycles. The molecule has 0 aliphatic heterocycles. The van der Waals surface area contributed by atoms with Crippen LogP contribution in [0.5, 0.6) is 5.75 Å². The molecule has 100 valence electrons. The first kappa shape index (κ1) is 14.5. The summed E-state index contributed by atoms with van der Waals surface area (Å²) in [4.78, 5) is 11.9. The molecular formula is C14H21NO3. The fourth-order valence-electron chi connectivity index (χ4n) is 1.58. The third-order valence-electron chi connectivity index (χ3n) is 2.49. The summed E-state index contributed by atoms with van der Waals surface area (Å²) in [5.41, 5.74) is 0.461. The van der Waals surface area contributed by atoms with Gasteiger partial charge in [-0.15, -0.1) is 0 Å². The number of ether oxygens (including phenoxy) is 2. The minimum absolute atomic E-state index is 0.158. The molecule has 0 radical (unpaired) electrons. The highest BCUT2D eigenvalue weighted by Gasteiger charge is 2.15. The molecule has 0 heterocycles. The maximum Gasteiger partial charge on any atom is 0.342 e. The van der Waals surface area contributed by atoms with Crippen LogP contribution in [0.4, 0.5) is 0 Å². The Morgan fingerprint density at radius 1 is 1.39 bits per heavy atom. The number of carbonyl (C=O) groups excluding carboxylic acids is 1. The third kappa shape index (κ3) is 4.37. The largest absolute Gasteiger partial charge is 0.496 e. The quantitative estimate of drug-likeness (QED) is 0.596. The van der Waals surface area contributed by atoms with Crippen LogP contribution in [0.3, 0.4) is 0 Å². The van der Waals surface area contributed by atoms with Gasteiger partial charge >= 0.3 is 5.97 Å². The molecule has 1 N–H and O–H groups in total. The van der Waals surface area contributed by atoms with Gasteiger partial charge in [-0.1, -0.05) is 19.1 Å². The Morgan fingerprint density at radius 2 is 2.11 bits per heavy atom. The maximum absolute atomic E-state index is 11.9. The van der Waals surface area contributed by atoms with E-state index in [1.807, 2.05) is 13.0 Å². The summed E-state index contributed by atoms with van der Waals surface area (Å²) < 4.78 is 10.5. The molecule has 0 aromatic heterocycles. The first-order valence-electron chi connectivity index (χ1n) is 6.23. The second kappa shape index (κ2) is 7.71. The van der Waals surface area contributed by atoms with Gasteiger partial charge in [-0.05, 0) is 32.0 Å². The van der Waals surface area contributed by atoms with Gasteiger partial charge in [0.1, 0.15) is 17.4 Å². The minimum atomic E-state index is -0.349. The number of esters is 1. The van der Waals surface area contributed by atoms with E-state index in [9.17, 15) is 4.79 Å². The second-order valence-electron chi connectivity index (χ2n) is 4.12. The predicted molar refractivity (Wildman–Crippen MR) is 71.0 cm³/mol. The molecule has 0 aliphatic rings. The lowest BCUT2D eigenvalue weighted by molar-refractivity contribution is 0.0339. The van der Waals surface area contributed by atoms with E-state index in [1.54, 1.807) is 25.3 Å². The predicted octanol–water partition coefficient (Wildman–Crippen LogP) is 2.24. The average molecular weight is 251 g/mol. The number of rotatable bonds is 7. The van der Waals surface area contributed by atoms with Crippen LogP contribution < -0.4 is 10.1 Å². The van der Waals surface area contributed by atoms with Crippen molar-refractivity contribution >= 4 is 5.97 Å². The standard InChI is InChI=1S/C14H21NO3/c1-4-9-15-10-11(2)18-14(16)12-7-5-6-8-13(12)17-3/h5-8,11,15H,4,9-10H2,1-3H3. The lowest BCUT2D eigenvalue weighted by atomic mass is 10.2. The zero-order chi connectivity index (χ0) is 13.4. The molecule has 0 fully saturated rings. The normalized spacial score (nSPS) is 11.9. The number of hydrogen-bond donors (Lipinski definition) is 1. The van der Waals surface area contributed by atoms with Crippen LogP contribution in [0.1, 0.15) is 30.6 Å². The molecular weight excluding hydrogens is 230 g/mol. The summed E-state index contributed by atoms with van der Waals surface area (Å²) in [6, 6.07) is 7.06. The van der Waals surface area contributed by atoms with Crippen molar-refractivity contribution in [3.63, 3.8) is 0 Å². The van der Waals surface area contributed by atoms with E-state index in [4.69, 9.17) is 9.47 Å². The molecule has 1 unspecified atom stereocenters. The monoisotopic (exact) mass is 251 g/mol. The van der Waals surface area contributed by atoms with Crippen LogP contribution in [-0.2, 0) is 4.74 Å². The van der Waals surface area contributed by atoms with E-state index in [-0.39, 0.29) is 12.1 Å². The van der Waals surface area contributed by atoms with E-state index in [1.165, 1.54) is 0 Å². The highest BCUT2D eigenvalue weighted by Crippen LogP contribution is 2.18. The highest BCUT2D eigenvalue weighted by molar-refractivity contribution is 5.92. The number of hydrogen-bond acceptors (Lipinski definition) is 4. The molecule has 4 heteroatoms. The molecule has 18 heavy (non-hydrogen) atoms. The molecule has 1 aromatic rings. The summed E-state index contributed by atoms with van der Waals surface area (Å²) in [5, 5.41) is 3.21. The summed E-state index contributed by atoms with van der Waals surface area (Å²) >= 11 is 0. The molecule has 0 amide bonds. The Kier molecular flexibility index (Phi) is 6.22. The summed E-state index contributed by atoms with van der Waals surface area (Å²) in [6.07, 6.45) is 0.904. The van der Waals surface area contributed by atoms with E-state index in [2.05, 4.69) is 12.2 Å². The minimum Gasteiger partial charge on any atom is -0.496 e. The number of para-hydroxylation sites is 1. The van der Waals surface area contributed by atoms with E-state index >= 15 is 0 Å². The van der Waals surface area contributed by atoms with Crippen molar-refractivity contribution in [3.8, 4) is 5.75 Å². The average Bonchev–Trinajstić information content (AvgIpc) is 2.39. The van der Waals surface area contributed by atoms with Crippen LogP contribution in [0.2, 0.25) is 0 Å². The van der Waals surface area contributed by atoms with Crippen LogP contribution >= 0.6 is 0 Å². The van der Waals surface area contributed by atoms with E-state index in [0.717, 1.165) is 13.0 Å². The molecule has 1 atom stereocenters. The zero-order valence-electron chi connectivity index (χ0n) is 11.2. The van der Waals surface area contributed by atoms with Gasteiger partial charge in [0.05, 0.1) is 7.11 Å². The summed E-state index contributed by atoms with van der Waals surface area (Å²) in [7, 11) is 1.54. The van der Waals surface area contributed by atoms with Gasteiger partial charge in [-0.2, -0.15) is 0 Å². The smallest absolute Gasteiger partial charge is 0.342 e. The molecule has 0 saturated carbocycles. The number of nitrogens with one attached hydrogen (secondary N) is 1. The second-order valence-corrected chi connectivity index (χ2v) is 4.12. The Bertz CT molecular complexity index is 379. The first-order valence-corrected chi connectivity index (χ1v) is 6.23. The van der Waals surface area contributed by atoms with E-state index in [0.29, 0.717) is 17.9 Å². The van der Waals surface area contributed by atoms with Gasteiger partial charge in [-0.25, -0.2) is 4.79 Å². The van der Waals surface area contributed by atoms with Gasteiger partial charge < -0.3 is 14.8 Å². The van der Waals surface area contributed by atoms with Crippen LogP contribution in [0.25, 0.3) is 0 Å². The van der Waals surface area contributed by atoms with Crippen molar-refractivity contribution in [1.29, 1.82) is 0 Å². The van der Waals surface area contributed by atoms with Crippen LogP contribution in [0.15, 0.2) is 24.3 Å². The van der Waals surface area contributed by atoms with Gasteiger partial charge in [0.25, 0.3) is 0 Å². The van der Waals surface area contributed by atoms with Crippen LogP contribution in [-0.4, -0.2) is 32.3 Å². The SMILES string of the molecule is CCCNCC(C)OC(=O)c1ccccc1OC. The molecule has 1 rings (SSSR count). The lowest BCUT2D eigenvalue weighted by Gasteiger charge is -2.15. The molecule has 0 aliphatic carbocycles. The maximum atomic E-state index is 11.9.